The van der Waals surface area contributed by atoms with E-state index in [0.717, 1.165) is 18.4 Å². The van der Waals surface area contributed by atoms with Crippen molar-refractivity contribution < 1.29 is 23.0 Å². The van der Waals surface area contributed by atoms with E-state index in [1.807, 2.05) is 6.92 Å². The topological polar surface area (TPSA) is 60.5 Å². The first-order valence-electron chi connectivity index (χ1n) is 8.91. The molecular weight excluding hydrogens is 378 g/mol. The molecule has 1 fully saturated rings. The summed E-state index contributed by atoms with van der Waals surface area (Å²) < 4.78 is 35.4. The van der Waals surface area contributed by atoms with Crippen LogP contribution >= 0.6 is 11.6 Å². The molecule has 1 aromatic heterocycles. The maximum atomic E-state index is 12.7. The molecule has 1 N–H and O–H groups in total. The van der Waals surface area contributed by atoms with Crippen LogP contribution in [0.1, 0.15) is 31.7 Å². The number of allylic oxidation sites excluding steroid dienone is 1. The zero-order valence-electron chi connectivity index (χ0n) is 14.9. The SMILES string of the molecule is CCc1cncc(Cl)c1NC(=O)C1C=C(OCC2CC2)C(OC(F)F)=CC1. The van der Waals surface area contributed by atoms with E-state index < -0.39 is 12.5 Å². The van der Waals surface area contributed by atoms with Gasteiger partial charge in [0.1, 0.15) is 0 Å². The smallest absolute Gasteiger partial charge is 0.387 e. The van der Waals surface area contributed by atoms with E-state index in [1.165, 1.54) is 18.3 Å². The molecule has 2 aliphatic rings. The number of pyridine rings is 1. The summed E-state index contributed by atoms with van der Waals surface area (Å²) in [6, 6.07) is 0. The number of anilines is 1. The Hall–Kier alpha value is -2.15. The highest BCUT2D eigenvalue weighted by atomic mass is 35.5. The summed E-state index contributed by atoms with van der Waals surface area (Å²) in [5.41, 5.74) is 1.34. The molecule has 1 atom stereocenters. The second-order valence-corrected chi connectivity index (χ2v) is 6.98. The summed E-state index contributed by atoms with van der Waals surface area (Å²) in [6.07, 6.45) is 9.13. The Morgan fingerprint density at radius 1 is 1.37 bits per heavy atom. The summed E-state index contributed by atoms with van der Waals surface area (Å²) in [5, 5.41) is 3.18. The third kappa shape index (κ3) is 5.19. The lowest BCUT2D eigenvalue weighted by Crippen LogP contribution is -2.25. The monoisotopic (exact) mass is 398 g/mol. The maximum absolute atomic E-state index is 12.7. The van der Waals surface area contributed by atoms with Gasteiger partial charge in [-0.2, -0.15) is 8.78 Å². The third-order valence-corrected chi connectivity index (χ3v) is 4.77. The van der Waals surface area contributed by atoms with Gasteiger partial charge in [0.25, 0.3) is 0 Å². The van der Waals surface area contributed by atoms with Gasteiger partial charge in [-0.15, -0.1) is 0 Å². The number of nitrogens with zero attached hydrogens (tertiary/aromatic N) is 1. The summed E-state index contributed by atoms with van der Waals surface area (Å²) in [5.74, 6) is -0.262. The Labute approximate surface area is 161 Å². The molecule has 0 aliphatic heterocycles. The molecule has 1 amide bonds. The third-order valence-electron chi connectivity index (χ3n) is 4.48. The van der Waals surface area contributed by atoms with Crippen molar-refractivity contribution >= 4 is 23.2 Å². The fourth-order valence-electron chi connectivity index (χ4n) is 2.76. The minimum atomic E-state index is -2.95. The van der Waals surface area contributed by atoms with Gasteiger partial charge >= 0.3 is 6.61 Å². The summed E-state index contributed by atoms with van der Waals surface area (Å²) >= 11 is 6.16. The molecule has 27 heavy (non-hydrogen) atoms. The van der Waals surface area contributed by atoms with E-state index in [-0.39, 0.29) is 23.8 Å². The minimum absolute atomic E-state index is 0.0223. The number of hydrogen-bond donors (Lipinski definition) is 1. The Morgan fingerprint density at radius 2 is 2.15 bits per heavy atom. The lowest BCUT2D eigenvalue weighted by atomic mass is 9.97. The number of nitrogens with one attached hydrogen (secondary N) is 1. The fourth-order valence-corrected chi connectivity index (χ4v) is 2.99. The molecule has 0 aromatic carbocycles. The van der Waals surface area contributed by atoms with Gasteiger partial charge in [-0.05, 0) is 49.3 Å². The zero-order chi connectivity index (χ0) is 19.4. The number of ether oxygens (including phenoxy) is 2. The van der Waals surface area contributed by atoms with Crippen LogP contribution in [0.25, 0.3) is 0 Å². The molecule has 0 radical (unpaired) electrons. The molecular formula is C19H21ClF2N2O3. The molecule has 1 heterocycles. The van der Waals surface area contributed by atoms with Crippen LogP contribution in [0.2, 0.25) is 5.02 Å². The zero-order valence-corrected chi connectivity index (χ0v) is 15.6. The van der Waals surface area contributed by atoms with Crippen LogP contribution in [0.3, 0.4) is 0 Å². The van der Waals surface area contributed by atoms with Crippen molar-refractivity contribution in [3.8, 4) is 0 Å². The van der Waals surface area contributed by atoms with Crippen molar-refractivity contribution in [1.29, 1.82) is 0 Å². The number of halogens is 3. The number of amides is 1. The Morgan fingerprint density at radius 3 is 2.81 bits per heavy atom. The molecule has 1 saturated carbocycles. The summed E-state index contributed by atoms with van der Waals surface area (Å²) in [6.45, 7) is -0.582. The van der Waals surface area contributed by atoms with Crippen molar-refractivity contribution in [2.75, 3.05) is 11.9 Å². The lowest BCUT2D eigenvalue weighted by Gasteiger charge is -2.22. The number of hydrogen-bond acceptors (Lipinski definition) is 4. The highest BCUT2D eigenvalue weighted by Crippen LogP contribution is 2.33. The lowest BCUT2D eigenvalue weighted by molar-refractivity contribution is -0.118. The number of carbonyl (C=O) groups excluding carboxylic acids is 1. The van der Waals surface area contributed by atoms with Crippen LogP contribution < -0.4 is 5.32 Å². The van der Waals surface area contributed by atoms with Crippen LogP contribution in [0, 0.1) is 11.8 Å². The summed E-state index contributed by atoms with van der Waals surface area (Å²) in [7, 11) is 0. The predicted molar refractivity (Wildman–Crippen MR) is 97.3 cm³/mol. The predicted octanol–water partition coefficient (Wildman–Crippen LogP) is 4.69. The first-order chi connectivity index (χ1) is 13.0. The molecule has 0 saturated heterocycles. The maximum Gasteiger partial charge on any atom is 0.387 e. The Balaban J connectivity index is 1.73. The molecule has 5 nitrogen and oxygen atoms in total. The number of rotatable bonds is 8. The molecule has 1 unspecified atom stereocenters. The standard InChI is InChI=1S/C19H21ClF2N2O3/c1-2-12-8-23-9-14(20)17(12)24-18(25)13-5-6-15(27-19(21)22)16(7-13)26-10-11-3-4-11/h6-9,11,13,19H,2-5,10H2,1H3,(H,23,24,25). The van der Waals surface area contributed by atoms with Gasteiger partial charge in [-0.25, -0.2) is 0 Å². The molecule has 146 valence electrons. The van der Waals surface area contributed by atoms with Crippen LogP contribution in [0.4, 0.5) is 14.5 Å². The van der Waals surface area contributed by atoms with Crippen LogP contribution in [-0.4, -0.2) is 24.1 Å². The van der Waals surface area contributed by atoms with Gasteiger partial charge in [0.15, 0.2) is 11.5 Å². The van der Waals surface area contributed by atoms with E-state index in [9.17, 15) is 13.6 Å². The van der Waals surface area contributed by atoms with E-state index >= 15 is 0 Å². The molecule has 1 aromatic rings. The van der Waals surface area contributed by atoms with Crippen LogP contribution in [-0.2, 0) is 20.7 Å². The van der Waals surface area contributed by atoms with Crippen LogP contribution in [0.5, 0.6) is 0 Å². The van der Waals surface area contributed by atoms with Crippen LogP contribution in [0.15, 0.2) is 36.1 Å². The second-order valence-electron chi connectivity index (χ2n) is 6.57. The van der Waals surface area contributed by atoms with Gasteiger partial charge < -0.3 is 14.8 Å². The van der Waals surface area contributed by atoms with Gasteiger partial charge in [0.2, 0.25) is 5.91 Å². The Bertz CT molecular complexity index is 763. The largest absolute Gasteiger partial charge is 0.490 e. The van der Waals surface area contributed by atoms with Gasteiger partial charge in [-0.3, -0.25) is 9.78 Å². The number of alkyl halides is 2. The normalized spacial score (nSPS) is 19.4. The van der Waals surface area contributed by atoms with E-state index in [2.05, 4.69) is 15.0 Å². The van der Waals surface area contributed by atoms with Crippen molar-refractivity contribution in [1.82, 2.24) is 4.98 Å². The average Bonchev–Trinajstić information content (AvgIpc) is 3.46. The van der Waals surface area contributed by atoms with Crippen molar-refractivity contribution in [2.24, 2.45) is 11.8 Å². The highest BCUT2D eigenvalue weighted by molar-refractivity contribution is 6.33. The van der Waals surface area contributed by atoms with Crippen molar-refractivity contribution in [3.05, 3.63) is 46.7 Å². The quantitative estimate of drug-likeness (QED) is 0.690. The summed E-state index contributed by atoms with van der Waals surface area (Å²) in [4.78, 5) is 16.7. The molecule has 3 rings (SSSR count). The number of aromatic nitrogens is 1. The van der Waals surface area contributed by atoms with E-state index in [4.69, 9.17) is 16.3 Å². The molecule has 8 heteroatoms. The van der Waals surface area contributed by atoms with Crippen molar-refractivity contribution in [2.45, 2.75) is 39.2 Å². The van der Waals surface area contributed by atoms with E-state index in [0.29, 0.717) is 29.7 Å². The molecule has 0 bridgehead atoms. The molecule has 2 aliphatic carbocycles. The number of aryl methyl sites for hydroxylation is 1. The minimum Gasteiger partial charge on any atom is -0.490 e. The first kappa shape index (κ1) is 19.6. The highest BCUT2D eigenvalue weighted by Gasteiger charge is 2.28. The van der Waals surface area contributed by atoms with E-state index in [1.54, 1.807) is 6.20 Å². The number of carbonyl (C=O) groups is 1. The van der Waals surface area contributed by atoms with Gasteiger partial charge in [0, 0.05) is 12.4 Å². The average molecular weight is 399 g/mol. The fraction of sp³-hybridized carbons (Fsp3) is 0.474. The van der Waals surface area contributed by atoms with Gasteiger partial charge in [0.05, 0.1) is 23.2 Å². The van der Waals surface area contributed by atoms with Gasteiger partial charge in [-0.1, -0.05) is 18.5 Å². The molecule has 0 spiro atoms. The Kier molecular flexibility index (Phi) is 6.31. The second kappa shape index (κ2) is 8.69. The first-order valence-corrected chi connectivity index (χ1v) is 9.29. The van der Waals surface area contributed by atoms with Crippen molar-refractivity contribution in [3.63, 3.8) is 0 Å².